The molecule has 1 rings (SSSR count). The van der Waals surface area contributed by atoms with E-state index < -0.39 is 0 Å². The van der Waals surface area contributed by atoms with Crippen LogP contribution < -0.4 is 0 Å². The molecule has 0 N–H and O–H groups in total. The third-order valence-corrected chi connectivity index (χ3v) is 2.96. The summed E-state index contributed by atoms with van der Waals surface area (Å²) in [5, 5.41) is 0.762. The van der Waals surface area contributed by atoms with E-state index in [1.807, 2.05) is 25.1 Å². The number of rotatable bonds is 4. The predicted molar refractivity (Wildman–Crippen MR) is 62.7 cm³/mol. The van der Waals surface area contributed by atoms with Crippen LogP contribution in [0.2, 0.25) is 5.02 Å². The van der Waals surface area contributed by atoms with Crippen LogP contribution in [0.25, 0.3) is 0 Å². The number of carbonyl (C=O) groups is 1. The summed E-state index contributed by atoms with van der Waals surface area (Å²) in [5.41, 5.74) is 1.10. The molecule has 0 saturated heterocycles. The van der Waals surface area contributed by atoms with Crippen LogP contribution in [0.1, 0.15) is 18.9 Å². The topological polar surface area (TPSA) is 17.1 Å². The SMILES string of the molecule is CC(C=O)CCc1ccc(Br)cc1Cl. The number of halogens is 2. The van der Waals surface area contributed by atoms with Crippen molar-refractivity contribution < 1.29 is 4.79 Å². The van der Waals surface area contributed by atoms with Gasteiger partial charge in [-0.2, -0.15) is 0 Å². The number of hydrogen-bond donors (Lipinski definition) is 0. The summed E-state index contributed by atoms with van der Waals surface area (Å²) in [5.74, 6) is 0.106. The minimum atomic E-state index is 0.106. The van der Waals surface area contributed by atoms with Gasteiger partial charge in [0.2, 0.25) is 0 Å². The van der Waals surface area contributed by atoms with Gasteiger partial charge in [-0.05, 0) is 30.5 Å². The lowest BCUT2D eigenvalue weighted by molar-refractivity contribution is -0.110. The highest BCUT2D eigenvalue weighted by atomic mass is 79.9. The molecule has 0 bridgehead atoms. The minimum Gasteiger partial charge on any atom is -0.303 e. The molecule has 1 aromatic carbocycles. The zero-order valence-electron chi connectivity index (χ0n) is 7.97. The van der Waals surface area contributed by atoms with Crippen LogP contribution in [0.5, 0.6) is 0 Å². The number of aryl methyl sites for hydroxylation is 1. The molecule has 0 amide bonds. The van der Waals surface area contributed by atoms with Crippen LogP contribution in [-0.2, 0) is 11.2 Å². The molecule has 1 atom stereocenters. The third-order valence-electron chi connectivity index (χ3n) is 2.12. The highest BCUT2D eigenvalue weighted by Gasteiger charge is 2.04. The molecule has 1 unspecified atom stereocenters. The molecule has 0 aromatic heterocycles. The molecule has 14 heavy (non-hydrogen) atoms. The first kappa shape index (κ1) is 11.7. The first-order chi connectivity index (χ1) is 6.63. The van der Waals surface area contributed by atoms with Crippen molar-refractivity contribution in [3.63, 3.8) is 0 Å². The van der Waals surface area contributed by atoms with E-state index in [2.05, 4.69) is 15.9 Å². The van der Waals surface area contributed by atoms with Gasteiger partial charge in [0.05, 0.1) is 0 Å². The van der Waals surface area contributed by atoms with Gasteiger partial charge in [-0.15, -0.1) is 0 Å². The van der Waals surface area contributed by atoms with E-state index in [1.165, 1.54) is 0 Å². The van der Waals surface area contributed by atoms with Gasteiger partial charge >= 0.3 is 0 Å². The van der Waals surface area contributed by atoms with Crippen molar-refractivity contribution in [2.24, 2.45) is 5.92 Å². The monoisotopic (exact) mass is 274 g/mol. The second-order valence-corrected chi connectivity index (χ2v) is 4.71. The Morgan fingerprint density at radius 2 is 2.29 bits per heavy atom. The van der Waals surface area contributed by atoms with E-state index >= 15 is 0 Å². The summed E-state index contributed by atoms with van der Waals surface area (Å²) in [6, 6.07) is 5.83. The Hall–Kier alpha value is -0.340. The zero-order chi connectivity index (χ0) is 10.6. The molecule has 0 aliphatic heterocycles. The highest BCUT2D eigenvalue weighted by molar-refractivity contribution is 9.10. The smallest absolute Gasteiger partial charge is 0.122 e. The lowest BCUT2D eigenvalue weighted by Crippen LogP contribution is -1.98. The Morgan fingerprint density at radius 1 is 1.57 bits per heavy atom. The highest BCUT2D eigenvalue weighted by Crippen LogP contribution is 2.23. The van der Waals surface area contributed by atoms with E-state index in [4.69, 9.17) is 11.6 Å². The van der Waals surface area contributed by atoms with Crippen molar-refractivity contribution in [2.75, 3.05) is 0 Å². The van der Waals surface area contributed by atoms with Crippen molar-refractivity contribution in [3.8, 4) is 0 Å². The van der Waals surface area contributed by atoms with Gasteiger partial charge in [-0.25, -0.2) is 0 Å². The molecule has 0 heterocycles. The molecule has 0 aliphatic carbocycles. The summed E-state index contributed by atoms with van der Waals surface area (Å²) in [6.07, 6.45) is 2.68. The second-order valence-electron chi connectivity index (χ2n) is 3.39. The normalized spacial score (nSPS) is 12.5. The van der Waals surface area contributed by atoms with Crippen LogP contribution in [0, 0.1) is 5.92 Å². The van der Waals surface area contributed by atoms with Crippen molar-refractivity contribution in [1.82, 2.24) is 0 Å². The maximum Gasteiger partial charge on any atom is 0.122 e. The fraction of sp³-hybridized carbons (Fsp3) is 0.364. The maximum absolute atomic E-state index is 10.4. The maximum atomic E-state index is 10.4. The average molecular weight is 276 g/mol. The fourth-order valence-corrected chi connectivity index (χ4v) is 1.94. The quantitative estimate of drug-likeness (QED) is 0.762. The van der Waals surface area contributed by atoms with Gasteiger partial charge in [-0.1, -0.05) is 40.5 Å². The molecule has 1 aromatic rings. The predicted octanol–water partition coefficient (Wildman–Crippen LogP) is 3.87. The van der Waals surface area contributed by atoms with Crippen molar-refractivity contribution in [1.29, 1.82) is 0 Å². The van der Waals surface area contributed by atoms with Gasteiger partial charge < -0.3 is 4.79 Å². The zero-order valence-corrected chi connectivity index (χ0v) is 10.3. The Morgan fingerprint density at radius 3 is 2.86 bits per heavy atom. The van der Waals surface area contributed by atoms with Crippen LogP contribution in [-0.4, -0.2) is 6.29 Å². The van der Waals surface area contributed by atoms with Gasteiger partial charge in [0, 0.05) is 15.4 Å². The van der Waals surface area contributed by atoms with Crippen LogP contribution >= 0.6 is 27.5 Å². The van der Waals surface area contributed by atoms with E-state index in [-0.39, 0.29) is 5.92 Å². The first-order valence-corrected chi connectivity index (χ1v) is 5.70. The molecule has 1 nitrogen and oxygen atoms in total. The Balaban J connectivity index is 2.63. The summed E-state index contributed by atoms with van der Waals surface area (Å²) in [6.45, 7) is 1.92. The van der Waals surface area contributed by atoms with Gasteiger partial charge in [0.25, 0.3) is 0 Å². The lowest BCUT2D eigenvalue weighted by atomic mass is 10.0. The Labute approximate surface area is 97.6 Å². The molecule has 76 valence electrons. The average Bonchev–Trinajstić information content (AvgIpc) is 2.16. The van der Waals surface area contributed by atoms with Gasteiger partial charge in [-0.3, -0.25) is 0 Å². The van der Waals surface area contributed by atoms with Crippen LogP contribution in [0.15, 0.2) is 22.7 Å². The van der Waals surface area contributed by atoms with Gasteiger partial charge in [0.1, 0.15) is 6.29 Å². The summed E-state index contributed by atoms with van der Waals surface area (Å²) >= 11 is 9.39. The van der Waals surface area contributed by atoms with Crippen LogP contribution in [0.3, 0.4) is 0 Å². The summed E-state index contributed by atoms with van der Waals surface area (Å²) in [4.78, 5) is 10.4. The van der Waals surface area contributed by atoms with E-state index in [0.29, 0.717) is 0 Å². The molecule has 0 aliphatic rings. The Kier molecular flexibility index (Phi) is 4.63. The number of hydrogen-bond acceptors (Lipinski definition) is 1. The molecule has 0 saturated carbocycles. The molecule has 0 radical (unpaired) electrons. The lowest BCUT2D eigenvalue weighted by Gasteiger charge is -2.06. The van der Waals surface area contributed by atoms with E-state index in [9.17, 15) is 4.79 Å². The van der Waals surface area contributed by atoms with E-state index in [0.717, 1.165) is 34.2 Å². The molecule has 3 heteroatoms. The molecular formula is C11H12BrClO. The summed E-state index contributed by atoms with van der Waals surface area (Å²) in [7, 11) is 0. The van der Waals surface area contributed by atoms with Crippen molar-refractivity contribution in [2.45, 2.75) is 19.8 Å². The number of benzene rings is 1. The van der Waals surface area contributed by atoms with Gasteiger partial charge in [0.15, 0.2) is 0 Å². The van der Waals surface area contributed by atoms with E-state index in [1.54, 1.807) is 0 Å². The molecule has 0 spiro atoms. The molecule has 0 fully saturated rings. The number of carbonyl (C=O) groups excluding carboxylic acids is 1. The van der Waals surface area contributed by atoms with Crippen molar-refractivity contribution in [3.05, 3.63) is 33.3 Å². The first-order valence-electron chi connectivity index (χ1n) is 4.52. The Bertz CT molecular complexity index is 325. The summed E-state index contributed by atoms with van der Waals surface area (Å²) < 4.78 is 0.981. The van der Waals surface area contributed by atoms with Crippen molar-refractivity contribution >= 4 is 33.8 Å². The minimum absolute atomic E-state index is 0.106. The fourth-order valence-electron chi connectivity index (χ4n) is 1.18. The largest absolute Gasteiger partial charge is 0.303 e. The second kappa shape index (κ2) is 5.52. The molecular weight excluding hydrogens is 263 g/mol. The standard InChI is InChI=1S/C11H12BrClO/c1-8(7-14)2-3-9-4-5-10(12)6-11(9)13/h4-8H,2-3H2,1H3. The third kappa shape index (κ3) is 3.43. The van der Waals surface area contributed by atoms with Crippen LogP contribution in [0.4, 0.5) is 0 Å². The number of aldehydes is 1.